The standard InChI is InChI=1S/C17H24BrNO4/c1-6-22-16(21)10-19(5)15(20)11-23-14-8-7-12(18)9-13(14)17(2,3)4/h7-9H,6,10-11H2,1-5H3. The monoisotopic (exact) mass is 385 g/mol. The zero-order valence-electron chi connectivity index (χ0n) is 14.3. The lowest BCUT2D eigenvalue weighted by Gasteiger charge is -2.23. The van der Waals surface area contributed by atoms with E-state index < -0.39 is 5.97 Å². The Morgan fingerprint density at radius 3 is 2.48 bits per heavy atom. The summed E-state index contributed by atoms with van der Waals surface area (Å²) in [5.41, 5.74) is 0.895. The van der Waals surface area contributed by atoms with Crippen molar-refractivity contribution in [3.8, 4) is 5.75 Å². The number of hydrogen-bond donors (Lipinski definition) is 0. The number of amides is 1. The molecule has 0 heterocycles. The fourth-order valence-corrected chi connectivity index (χ4v) is 2.31. The van der Waals surface area contributed by atoms with E-state index >= 15 is 0 Å². The van der Waals surface area contributed by atoms with Gasteiger partial charge in [-0.25, -0.2) is 0 Å². The molecule has 6 heteroatoms. The van der Waals surface area contributed by atoms with E-state index in [-0.39, 0.29) is 24.5 Å². The van der Waals surface area contributed by atoms with Crippen molar-refractivity contribution in [2.75, 3.05) is 26.8 Å². The molecular weight excluding hydrogens is 362 g/mol. The van der Waals surface area contributed by atoms with Gasteiger partial charge < -0.3 is 14.4 Å². The van der Waals surface area contributed by atoms with Crippen LogP contribution in [0.25, 0.3) is 0 Å². The van der Waals surface area contributed by atoms with Gasteiger partial charge in [-0.3, -0.25) is 9.59 Å². The molecule has 0 spiro atoms. The highest BCUT2D eigenvalue weighted by molar-refractivity contribution is 9.10. The van der Waals surface area contributed by atoms with Crippen LogP contribution < -0.4 is 4.74 Å². The second-order valence-electron chi connectivity index (χ2n) is 6.23. The van der Waals surface area contributed by atoms with Crippen LogP contribution in [0.2, 0.25) is 0 Å². The zero-order valence-corrected chi connectivity index (χ0v) is 15.9. The Labute approximate surface area is 146 Å². The highest BCUT2D eigenvalue weighted by atomic mass is 79.9. The summed E-state index contributed by atoms with van der Waals surface area (Å²) in [4.78, 5) is 24.8. The molecule has 1 aromatic carbocycles. The van der Waals surface area contributed by atoms with Crippen LogP contribution in [0.3, 0.4) is 0 Å². The van der Waals surface area contributed by atoms with Crippen molar-refractivity contribution in [1.82, 2.24) is 4.90 Å². The van der Waals surface area contributed by atoms with Crippen LogP contribution in [-0.4, -0.2) is 43.6 Å². The first-order chi connectivity index (χ1) is 10.6. The Bertz CT molecular complexity index is 566. The molecule has 0 aliphatic carbocycles. The second-order valence-corrected chi connectivity index (χ2v) is 7.15. The first kappa shape index (κ1) is 19.5. The molecule has 0 saturated carbocycles. The Morgan fingerprint density at radius 1 is 1.26 bits per heavy atom. The number of carbonyl (C=O) groups excluding carboxylic acids is 2. The quantitative estimate of drug-likeness (QED) is 0.705. The van der Waals surface area contributed by atoms with Crippen LogP contribution >= 0.6 is 15.9 Å². The van der Waals surface area contributed by atoms with Gasteiger partial charge in [-0.2, -0.15) is 0 Å². The van der Waals surface area contributed by atoms with Gasteiger partial charge in [0.2, 0.25) is 0 Å². The Kier molecular flexibility index (Phi) is 7.06. The van der Waals surface area contributed by atoms with Crippen molar-refractivity contribution in [2.45, 2.75) is 33.1 Å². The van der Waals surface area contributed by atoms with Crippen molar-refractivity contribution >= 4 is 27.8 Å². The van der Waals surface area contributed by atoms with Crippen LogP contribution in [0, 0.1) is 0 Å². The minimum Gasteiger partial charge on any atom is -0.483 e. The van der Waals surface area contributed by atoms with Gasteiger partial charge in [0.15, 0.2) is 6.61 Å². The van der Waals surface area contributed by atoms with E-state index in [2.05, 4.69) is 36.7 Å². The van der Waals surface area contributed by atoms with E-state index in [1.54, 1.807) is 14.0 Å². The molecule has 0 aliphatic rings. The predicted octanol–water partition coefficient (Wildman–Crippen LogP) is 3.15. The number of likely N-dealkylation sites (N-methyl/N-ethyl adjacent to an activating group) is 1. The third kappa shape index (κ3) is 6.22. The number of halogens is 1. The minimum atomic E-state index is -0.428. The topological polar surface area (TPSA) is 55.8 Å². The lowest BCUT2D eigenvalue weighted by atomic mass is 9.86. The molecule has 1 amide bonds. The van der Waals surface area contributed by atoms with Gasteiger partial charge in [-0.1, -0.05) is 36.7 Å². The van der Waals surface area contributed by atoms with Crippen LogP contribution in [0.5, 0.6) is 5.75 Å². The molecule has 0 atom stereocenters. The smallest absolute Gasteiger partial charge is 0.325 e. The van der Waals surface area contributed by atoms with Gasteiger partial charge in [-0.15, -0.1) is 0 Å². The summed E-state index contributed by atoms with van der Waals surface area (Å²) in [5, 5.41) is 0. The highest BCUT2D eigenvalue weighted by Crippen LogP contribution is 2.33. The lowest BCUT2D eigenvalue weighted by Crippen LogP contribution is -2.36. The SMILES string of the molecule is CCOC(=O)CN(C)C(=O)COc1ccc(Br)cc1C(C)(C)C. The summed E-state index contributed by atoms with van der Waals surface area (Å²) < 4.78 is 11.5. The van der Waals surface area contributed by atoms with Gasteiger partial charge in [0.25, 0.3) is 5.91 Å². The third-order valence-electron chi connectivity index (χ3n) is 3.20. The Hall–Kier alpha value is -1.56. The van der Waals surface area contributed by atoms with E-state index in [9.17, 15) is 9.59 Å². The Morgan fingerprint density at radius 2 is 1.91 bits per heavy atom. The first-order valence-corrected chi connectivity index (χ1v) is 8.27. The number of nitrogens with zero attached hydrogens (tertiary/aromatic N) is 1. The number of carbonyl (C=O) groups is 2. The Balaban J connectivity index is 2.71. The highest BCUT2D eigenvalue weighted by Gasteiger charge is 2.21. The molecule has 0 unspecified atom stereocenters. The van der Waals surface area contributed by atoms with Crippen molar-refractivity contribution in [1.29, 1.82) is 0 Å². The van der Waals surface area contributed by atoms with E-state index in [4.69, 9.17) is 9.47 Å². The maximum absolute atomic E-state index is 12.1. The molecule has 1 rings (SSSR count). The van der Waals surface area contributed by atoms with Crippen LogP contribution in [0.15, 0.2) is 22.7 Å². The van der Waals surface area contributed by atoms with E-state index in [1.165, 1.54) is 4.90 Å². The summed E-state index contributed by atoms with van der Waals surface area (Å²) in [6.45, 7) is 8.06. The van der Waals surface area contributed by atoms with Crippen LogP contribution in [0.1, 0.15) is 33.3 Å². The molecule has 0 fully saturated rings. The average Bonchev–Trinajstić information content (AvgIpc) is 2.44. The third-order valence-corrected chi connectivity index (χ3v) is 3.69. The van der Waals surface area contributed by atoms with Crippen LogP contribution in [-0.2, 0) is 19.7 Å². The molecule has 5 nitrogen and oxygen atoms in total. The fourth-order valence-electron chi connectivity index (χ4n) is 1.95. The van der Waals surface area contributed by atoms with E-state index in [0.717, 1.165) is 10.0 Å². The van der Waals surface area contributed by atoms with Gasteiger partial charge in [0.05, 0.1) is 6.61 Å². The van der Waals surface area contributed by atoms with Crippen molar-refractivity contribution in [2.24, 2.45) is 0 Å². The molecular formula is C17H24BrNO4. The number of hydrogen-bond acceptors (Lipinski definition) is 4. The number of esters is 1. The van der Waals surface area contributed by atoms with E-state index in [1.807, 2.05) is 18.2 Å². The second kappa shape index (κ2) is 8.34. The van der Waals surface area contributed by atoms with Crippen molar-refractivity contribution in [3.63, 3.8) is 0 Å². The summed E-state index contributed by atoms with van der Waals surface area (Å²) in [5.74, 6) is -0.0400. The van der Waals surface area contributed by atoms with Gasteiger partial charge >= 0.3 is 5.97 Å². The van der Waals surface area contributed by atoms with Gasteiger partial charge in [0, 0.05) is 17.1 Å². The number of ether oxygens (including phenoxy) is 2. The molecule has 1 aromatic rings. The summed E-state index contributed by atoms with van der Waals surface area (Å²) >= 11 is 3.45. The first-order valence-electron chi connectivity index (χ1n) is 7.47. The van der Waals surface area contributed by atoms with Gasteiger partial charge in [-0.05, 0) is 30.5 Å². The summed E-state index contributed by atoms with van der Waals surface area (Å²) in [6.07, 6.45) is 0. The predicted molar refractivity (Wildman–Crippen MR) is 92.6 cm³/mol. The molecule has 0 radical (unpaired) electrons. The summed E-state index contributed by atoms with van der Waals surface area (Å²) in [6, 6.07) is 5.70. The van der Waals surface area contributed by atoms with Gasteiger partial charge in [0.1, 0.15) is 12.3 Å². The summed E-state index contributed by atoms with van der Waals surface area (Å²) in [7, 11) is 1.55. The maximum Gasteiger partial charge on any atom is 0.325 e. The molecule has 0 aromatic heterocycles. The molecule has 23 heavy (non-hydrogen) atoms. The zero-order chi connectivity index (χ0) is 17.6. The molecule has 0 saturated heterocycles. The van der Waals surface area contributed by atoms with Crippen molar-refractivity contribution in [3.05, 3.63) is 28.2 Å². The molecule has 0 bridgehead atoms. The molecule has 128 valence electrons. The number of rotatable bonds is 6. The maximum atomic E-state index is 12.1. The molecule has 0 N–H and O–H groups in total. The van der Waals surface area contributed by atoms with E-state index in [0.29, 0.717) is 12.4 Å². The van der Waals surface area contributed by atoms with Crippen LogP contribution in [0.4, 0.5) is 0 Å². The molecule has 0 aliphatic heterocycles. The normalized spacial score (nSPS) is 11.0. The largest absolute Gasteiger partial charge is 0.483 e. The fraction of sp³-hybridized carbons (Fsp3) is 0.529. The minimum absolute atomic E-state index is 0.0809. The van der Waals surface area contributed by atoms with Crippen molar-refractivity contribution < 1.29 is 19.1 Å². The lowest BCUT2D eigenvalue weighted by molar-refractivity contribution is -0.148. The average molecular weight is 386 g/mol. The number of benzene rings is 1.